The first-order chi connectivity index (χ1) is 15.4. The molecular weight excluding hydrogens is 432 g/mol. The Balaban J connectivity index is 1.78. The van der Waals surface area contributed by atoms with Crippen molar-refractivity contribution >= 4 is 34.9 Å². The fourth-order valence-corrected chi connectivity index (χ4v) is 3.57. The first-order valence-corrected chi connectivity index (χ1v) is 10.1. The van der Waals surface area contributed by atoms with Gasteiger partial charge >= 0.3 is 5.69 Å². The summed E-state index contributed by atoms with van der Waals surface area (Å²) in [6, 6.07) is 14.7. The number of halogens is 1. The topological polar surface area (TPSA) is 95.4 Å². The summed E-state index contributed by atoms with van der Waals surface area (Å²) >= 11 is 6.13. The zero-order valence-electron chi connectivity index (χ0n) is 17.7. The van der Waals surface area contributed by atoms with Gasteiger partial charge in [0.1, 0.15) is 5.75 Å². The zero-order chi connectivity index (χ0) is 22.8. The second kappa shape index (κ2) is 8.72. The average molecular weight is 453 g/mol. The molecule has 0 aliphatic carbocycles. The molecule has 0 fully saturated rings. The van der Waals surface area contributed by atoms with E-state index in [1.54, 1.807) is 31.0 Å². The number of fused-ring (bicyclic) bond motifs is 1. The summed E-state index contributed by atoms with van der Waals surface area (Å²) in [4.78, 5) is 29.8. The first kappa shape index (κ1) is 21.4. The Morgan fingerprint density at radius 2 is 1.88 bits per heavy atom. The van der Waals surface area contributed by atoms with Gasteiger partial charge in [-0.2, -0.15) is 10.1 Å². The van der Waals surface area contributed by atoms with Crippen molar-refractivity contribution in [2.24, 2.45) is 19.2 Å². The Bertz CT molecular complexity index is 1430. The Hall–Kier alpha value is -3.85. The zero-order valence-corrected chi connectivity index (χ0v) is 18.5. The number of benzene rings is 2. The van der Waals surface area contributed by atoms with E-state index in [0.717, 1.165) is 21.4 Å². The first-order valence-electron chi connectivity index (χ1n) is 9.73. The molecule has 4 rings (SSSR count). The van der Waals surface area contributed by atoms with Crippen LogP contribution in [0.5, 0.6) is 5.75 Å². The standard InChI is InChI=1S/C22H21ClN6O3/c1-27-19-18(20(30)28(2)22(27)31)29(13-15-5-4-6-16(23)11-15)21(25-19)26-24-12-14-7-9-17(32-3)10-8-14/h4-12H,13H2,1-3H3,(H,25,26)/b24-12+. The molecule has 0 saturated heterocycles. The number of anilines is 1. The van der Waals surface area contributed by atoms with Gasteiger partial charge in [0.25, 0.3) is 5.56 Å². The summed E-state index contributed by atoms with van der Waals surface area (Å²) in [6.07, 6.45) is 1.62. The molecule has 2 aromatic heterocycles. The van der Waals surface area contributed by atoms with Gasteiger partial charge in [-0.25, -0.2) is 10.2 Å². The van der Waals surface area contributed by atoms with E-state index in [0.29, 0.717) is 17.5 Å². The maximum absolute atomic E-state index is 12.9. The lowest BCUT2D eigenvalue weighted by atomic mass is 10.2. The highest BCUT2D eigenvalue weighted by Gasteiger charge is 2.19. The summed E-state index contributed by atoms with van der Waals surface area (Å²) in [5, 5.41) is 4.85. The fourth-order valence-electron chi connectivity index (χ4n) is 3.36. The Morgan fingerprint density at radius 1 is 1.12 bits per heavy atom. The van der Waals surface area contributed by atoms with Crippen LogP contribution in [-0.4, -0.2) is 32.0 Å². The molecule has 0 aliphatic heterocycles. The van der Waals surface area contributed by atoms with Crippen LogP contribution in [0.15, 0.2) is 63.2 Å². The molecule has 0 bridgehead atoms. The summed E-state index contributed by atoms with van der Waals surface area (Å²) in [6.45, 7) is 0.310. The number of rotatable bonds is 6. The van der Waals surface area contributed by atoms with Crippen LogP contribution in [0.3, 0.4) is 0 Å². The second-order valence-corrected chi connectivity index (χ2v) is 7.61. The van der Waals surface area contributed by atoms with Crippen LogP contribution in [0.25, 0.3) is 11.2 Å². The molecule has 0 aliphatic rings. The van der Waals surface area contributed by atoms with Crippen LogP contribution in [0.1, 0.15) is 11.1 Å². The molecule has 2 aromatic carbocycles. The number of methoxy groups -OCH3 is 1. The number of hydrazone groups is 1. The van der Waals surface area contributed by atoms with E-state index in [1.807, 2.05) is 42.5 Å². The molecule has 9 nitrogen and oxygen atoms in total. The predicted octanol–water partition coefficient (Wildman–Crippen LogP) is 2.59. The fraction of sp³-hybridized carbons (Fsp3) is 0.182. The smallest absolute Gasteiger partial charge is 0.332 e. The van der Waals surface area contributed by atoms with Crippen LogP contribution >= 0.6 is 11.6 Å². The molecule has 1 N–H and O–H groups in total. The van der Waals surface area contributed by atoms with Crippen molar-refractivity contribution in [3.63, 3.8) is 0 Å². The molecule has 0 atom stereocenters. The summed E-state index contributed by atoms with van der Waals surface area (Å²) < 4.78 is 9.24. The summed E-state index contributed by atoms with van der Waals surface area (Å²) in [7, 11) is 4.62. The van der Waals surface area contributed by atoms with E-state index >= 15 is 0 Å². The number of imidazole rings is 1. The van der Waals surface area contributed by atoms with Crippen LogP contribution in [-0.2, 0) is 20.6 Å². The van der Waals surface area contributed by atoms with E-state index in [9.17, 15) is 9.59 Å². The average Bonchev–Trinajstić information content (AvgIpc) is 3.15. The minimum absolute atomic E-state index is 0.266. The van der Waals surface area contributed by atoms with Gasteiger partial charge < -0.3 is 4.74 Å². The van der Waals surface area contributed by atoms with Crippen LogP contribution in [0.4, 0.5) is 5.95 Å². The van der Waals surface area contributed by atoms with Crippen molar-refractivity contribution in [1.82, 2.24) is 18.7 Å². The van der Waals surface area contributed by atoms with Crippen LogP contribution in [0.2, 0.25) is 5.02 Å². The molecule has 0 unspecified atom stereocenters. The molecule has 4 aromatic rings. The monoisotopic (exact) mass is 452 g/mol. The molecule has 0 amide bonds. The summed E-state index contributed by atoms with van der Waals surface area (Å²) in [5.74, 6) is 1.07. The van der Waals surface area contributed by atoms with E-state index in [2.05, 4.69) is 15.5 Å². The third-order valence-electron chi connectivity index (χ3n) is 5.07. The SMILES string of the molecule is COc1ccc(/C=N/Nc2nc3c(c(=O)n(C)c(=O)n3C)n2Cc2cccc(Cl)c2)cc1. The second-order valence-electron chi connectivity index (χ2n) is 7.17. The van der Waals surface area contributed by atoms with Crippen molar-refractivity contribution in [3.05, 3.63) is 85.5 Å². The number of nitrogens with zero attached hydrogens (tertiary/aromatic N) is 5. The van der Waals surface area contributed by atoms with Gasteiger partial charge in [0, 0.05) is 19.1 Å². The molecule has 32 heavy (non-hydrogen) atoms. The number of aromatic nitrogens is 4. The van der Waals surface area contributed by atoms with Gasteiger partial charge in [0.2, 0.25) is 5.95 Å². The van der Waals surface area contributed by atoms with Gasteiger partial charge in [-0.05, 0) is 47.5 Å². The maximum atomic E-state index is 12.9. The molecule has 0 radical (unpaired) electrons. The Kier molecular flexibility index (Phi) is 5.83. The van der Waals surface area contributed by atoms with Gasteiger partial charge in [-0.1, -0.05) is 23.7 Å². The molecule has 0 spiro atoms. The Morgan fingerprint density at radius 3 is 2.56 bits per heavy atom. The lowest BCUT2D eigenvalue weighted by Crippen LogP contribution is -2.37. The lowest BCUT2D eigenvalue weighted by Gasteiger charge is -2.09. The van der Waals surface area contributed by atoms with Gasteiger partial charge in [0.15, 0.2) is 11.2 Å². The van der Waals surface area contributed by atoms with Gasteiger partial charge in [-0.3, -0.25) is 18.5 Å². The minimum Gasteiger partial charge on any atom is -0.497 e. The minimum atomic E-state index is -0.455. The third kappa shape index (κ3) is 4.02. The van der Waals surface area contributed by atoms with Crippen molar-refractivity contribution < 1.29 is 4.74 Å². The number of hydrogen-bond donors (Lipinski definition) is 1. The van der Waals surface area contributed by atoms with Crippen molar-refractivity contribution in [3.8, 4) is 5.75 Å². The van der Waals surface area contributed by atoms with E-state index in [4.69, 9.17) is 16.3 Å². The number of nitrogens with one attached hydrogen (secondary N) is 1. The van der Waals surface area contributed by atoms with Crippen LogP contribution < -0.4 is 21.4 Å². The highest BCUT2D eigenvalue weighted by Crippen LogP contribution is 2.20. The predicted molar refractivity (Wildman–Crippen MR) is 125 cm³/mol. The molecule has 10 heteroatoms. The maximum Gasteiger partial charge on any atom is 0.332 e. The van der Waals surface area contributed by atoms with Crippen molar-refractivity contribution in [2.75, 3.05) is 12.5 Å². The van der Waals surface area contributed by atoms with E-state index in [-0.39, 0.29) is 11.2 Å². The molecular formula is C22H21ClN6O3. The number of aryl methyl sites for hydroxylation is 1. The van der Waals surface area contributed by atoms with Crippen LogP contribution in [0, 0.1) is 0 Å². The quantitative estimate of drug-likeness (QED) is 0.358. The number of ether oxygens (including phenoxy) is 1. The Labute approximate surface area is 188 Å². The van der Waals surface area contributed by atoms with Crippen molar-refractivity contribution in [2.45, 2.75) is 6.54 Å². The highest BCUT2D eigenvalue weighted by atomic mass is 35.5. The third-order valence-corrected chi connectivity index (χ3v) is 5.31. The van der Waals surface area contributed by atoms with E-state index < -0.39 is 11.2 Å². The number of hydrogen-bond acceptors (Lipinski definition) is 6. The van der Waals surface area contributed by atoms with E-state index in [1.165, 1.54) is 11.6 Å². The van der Waals surface area contributed by atoms with Gasteiger partial charge in [0.05, 0.1) is 19.9 Å². The highest BCUT2D eigenvalue weighted by molar-refractivity contribution is 6.30. The largest absolute Gasteiger partial charge is 0.497 e. The van der Waals surface area contributed by atoms with Crippen molar-refractivity contribution in [1.29, 1.82) is 0 Å². The normalized spacial score (nSPS) is 11.4. The lowest BCUT2D eigenvalue weighted by molar-refractivity contribution is 0.415. The molecule has 0 saturated carbocycles. The molecule has 2 heterocycles. The summed E-state index contributed by atoms with van der Waals surface area (Å²) in [5.41, 5.74) is 4.28. The van der Waals surface area contributed by atoms with Gasteiger partial charge in [-0.15, -0.1) is 0 Å². The molecule has 164 valence electrons.